The van der Waals surface area contributed by atoms with Gasteiger partial charge in [0.25, 0.3) is 0 Å². The minimum absolute atomic E-state index is 0.0236. The number of carboxylic acid groups (broad SMARTS) is 1. The van der Waals surface area contributed by atoms with Crippen LogP contribution >= 0.6 is 11.8 Å². The summed E-state index contributed by atoms with van der Waals surface area (Å²) in [7, 11) is 1.60. The van der Waals surface area contributed by atoms with Gasteiger partial charge in [0.15, 0.2) is 0 Å². The van der Waals surface area contributed by atoms with Crippen molar-refractivity contribution in [2.75, 3.05) is 12.4 Å². The van der Waals surface area contributed by atoms with Gasteiger partial charge in [0, 0.05) is 16.2 Å². The number of rotatable bonds is 6. The smallest absolute Gasteiger partial charge is 0.224 e. The van der Waals surface area contributed by atoms with Crippen LogP contribution < -0.4 is 15.2 Å². The van der Waals surface area contributed by atoms with Gasteiger partial charge in [0.1, 0.15) is 5.75 Å². The lowest BCUT2D eigenvalue weighted by Crippen LogP contribution is -2.22. The standard InChI is InChI=1S/C17H17NO4S/c1-3-16(19)18-14-10-11(17(20)21)4-9-15(14)23-13-7-5-12(22-2)6-8-13/h4-10H,3H2,1-2H3,(H,18,19)(H,20,21)/p-1. The number of carboxylic acids is 1. The molecule has 2 rings (SSSR count). The van der Waals surface area contributed by atoms with Crippen LogP contribution in [0.25, 0.3) is 0 Å². The van der Waals surface area contributed by atoms with Crippen molar-refractivity contribution in [3.8, 4) is 5.75 Å². The number of carbonyl (C=O) groups excluding carboxylic acids is 2. The van der Waals surface area contributed by atoms with Crippen LogP contribution in [0, 0.1) is 0 Å². The number of amides is 1. The topological polar surface area (TPSA) is 78.5 Å². The highest BCUT2D eigenvalue weighted by Crippen LogP contribution is 2.35. The first-order valence-electron chi connectivity index (χ1n) is 7.00. The normalized spacial score (nSPS) is 10.2. The lowest BCUT2D eigenvalue weighted by atomic mass is 10.2. The van der Waals surface area contributed by atoms with E-state index < -0.39 is 5.97 Å². The molecule has 6 heteroatoms. The molecule has 23 heavy (non-hydrogen) atoms. The SMILES string of the molecule is CCC(=O)Nc1cc(C(=O)[O-])ccc1Sc1ccc(OC)cc1. The van der Waals surface area contributed by atoms with Crippen molar-refractivity contribution in [2.24, 2.45) is 0 Å². The molecule has 5 nitrogen and oxygen atoms in total. The lowest BCUT2D eigenvalue weighted by Gasteiger charge is -2.13. The summed E-state index contributed by atoms with van der Waals surface area (Å²) in [5.41, 5.74) is 0.481. The van der Waals surface area contributed by atoms with E-state index in [9.17, 15) is 14.7 Å². The number of nitrogens with one attached hydrogen (secondary N) is 1. The highest BCUT2D eigenvalue weighted by Gasteiger charge is 2.09. The zero-order valence-electron chi connectivity index (χ0n) is 12.8. The van der Waals surface area contributed by atoms with Gasteiger partial charge in [0.05, 0.1) is 18.8 Å². The molecule has 0 saturated carbocycles. The molecule has 0 aliphatic heterocycles. The first-order chi connectivity index (χ1) is 11.0. The molecular weight excluding hydrogens is 314 g/mol. The summed E-state index contributed by atoms with van der Waals surface area (Å²) < 4.78 is 5.11. The second kappa shape index (κ2) is 7.69. The molecular formula is C17H16NO4S-. The van der Waals surface area contributed by atoms with E-state index in [0.717, 1.165) is 15.5 Å². The van der Waals surface area contributed by atoms with Crippen LogP contribution in [0.3, 0.4) is 0 Å². The summed E-state index contributed by atoms with van der Waals surface area (Å²) >= 11 is 1.42. The fraction of sp³-hybridized carbons (Fsp3) is 0.176. The molecule has 0 fully saturated rings. The third kappa shape index (κ3) is 4.50. The van der Waals surface area contributed by atoms with Gasteiger partial charge in [0.2, 0.25) is 5.91 Å². The highest BCUT2D eigenvalue weighted by molar-refractivity contribution is 7.99. The van der Waals surface area contributed by atoms with E-state index in [4.69, 9.17) is 4.74 Å². The molecule has 0 aliphatic carbocycles. The van der Waals surface area contributed by atoms with Gasteiger partial charge in [-0.2, -0.15) is 0 Å². The third-order valence-corrected chi connectivity index (χ3v) is 4.18. The first kappa shape index (κ1) is 16.9. The van der Waals surface area contributed by atoms with E-state index >= 15 is 0 Å². The number of methoxy groups -OCH3 is 1. The quantitative estimate of drug-likeness (QED) is 0.880. The Kier molecular flexibility index (Phi) is 5.65. The molecule has 2 aromatic rings. The first-order valence-corrected chi connectivity index (χ1v) is 7.82. The van der Waals surface area contributed by atoms with Crippen molar-refractivity contribution < 1.29 is 19.4 Å². The highest BCUT2D eigenvalue weighted by atomic mass is 32.2. The summed E-state index contributed by atoms with van der Waals surface area (Å²) in [6, 6.07) is 12.0. The molecule has 0 atom stereocenters. The van der Waals surface area contributed by atoms with Crippen LogP contribution in [-0.2, 0) is 4.79 Å². The number of carbonyl (C=O) groups is 2. The molecule has 0 saturated heterocycles. The van der Waals surface area contributed by atoms with Gasteiger partial charge >= 0.3 is 0 Å². The molecule has 0 unspecified atom stereocenters. The van der Waals surface area contributed by atoms with Crippen LogP contribution in [0.5, 0.6) is 5.75 Å². The Balaban J connectivity index is 2.31. The molecule has 120 valence electrons. The van der Waals surface area contributed by atoms with Gasteiger partial charge < -0.3 is 20.0 Å². The van der Waals surface area contributed by atoms with Gasteiger partial charge in [-0.1, -0.05) is 24.8 Å². The van der Waals surface area contributed by atoms with Crippen LogP contribution in [-0.4, -0.2) is 19.0 Å². The molecule has 0 bridgehead atoms. The number of hydrogen-bond acceptors (Lipinski definition) is 5. The summed E-state index contributed by atoms with van der Waals surface area (Å²) in [6.07, 6.45) is 0.308. The zero-order chi connectivity index (χ0) is 16.8. The predicted octanol–water partition coefficient (Wildman–Crippen LogP) is 2.56. The summed E-state index contributed by atoms with van der Waals surface area (Å²) in [5.74, 6) is -0.712. The average molecular weight is 330 g/mol. The largest absolute Gasteiger partial charge is 0.545 e. The molecule has 0 heterocycles. The van der Waals surface area contributed by atoms with Crippen LogP contribution in [0.1, 0.15) is 23.7 Å². The molecule has 0 aromatic heterocycles. The zero-order valence-corrected chi connectivity index (χ0v) is 13.6. The molecule has 2 aromatic carbocycles. The van der Waals surface area contributed by atoms with E-state index in [1.54, 1.807) is 20.1 Å². The Morgan fingerprint density at radius 3 is 2.43 bits per heavy atom. The Labute approximate surface area is 138 Å². The second-order valence-corrected chi connectivity index (χ2v) is 5.79. The van der Waals surface area contributed by atoms with Crippen molar-refractivity contribution in [1.82, 2.24) is 0 Å². The van der Waals surface area contributed by atoms with Gasteiger partial charge in [-0.05, 0) is 42.0 Å². The monoisotopic (exact) mass is 330 g/mol. The lowest BCUT2D eigenvalue weighted by molar-refractivity contribution is -0.255. The summed E-state index contributed by atoms with van der Waals surface area (Å²) in [5, 5.41) is 13.7. The molecule has 0 radical (unpaired) electrons. The van der Waals surface area contributed by atoms with Crippen molar-refractivity contribution in [2.45, 2.75) is 23.1 Å². The van der Waals surface area contributed by atoms with E-state index in [1.807, 2.05) is 24.3 Å². The van der Waals surface area contributed by atoms with Gasteiger partial charge in [-0.15, -0.1) is 0 Å². The van der Waals surface area contributed by atoms with Crippen LogP contribution in [0.2, 0.25) is 0 Å². The van der Waals surface area contributed by atoms with Crippen LogP contribution in [0.4, 0.5) is 5.69 Å². The number of benzene rings is 2. The maximum absolute atomic E-state index is 11.7. The Morgan fingerprint density at radius 2 is 1.87 bits per heavy atom. The Morgan fingerprint density at radius 1 is 1.17 bits per heavy atom. The maximum Gasteiger partial charge on any atom is 0.224 e. The Hall–Kier alpha value is -2.47. The fourth-order valence-corrected chi connectivity index (χ4v) is 2.74. The van der Waals surface area contributed by atoms with Crippen molar-refractivity contribution >= 4 is 29.3 Å². The summed E-state index contributed by atoms with van der Waals surface area (Å²) in [6.45, 7) is 1.73. The van der Waals surface area contributed by atoms with E-state index in [0.29, 0.717) is 12.1 Å². The minimum atomic E-state index is -1.28. The van der Waals surface area contributed by atoms with E-state index in [-0.39, 0.29) is 11.5 Å². The number of anilines is 1. The van der Waals surface area contributed by atoms with Gasteiger partial charge in [-0.3, -0.25) is 4.79 Å². The maximum atomic E-state index is 11.7. The van der Waals surface area contributed by atoms with Crippen molar-refractivity contribution in [1.29, 1.82) is 0 Å². The van der Waals surface area contributed by atoms with E-state index in [2.05, 4.69) is 5.32 Å². The minimum Gasteiger partial charge on any atom is -0.545 e. The molecule has 0 aliphatic rings. The van der Waals surface area contributed by atoms with Crippen molar-refractivity contribution in [3.63, 3.8) is 0 Å². The molecule has 1 N–H and O–H groups in total. The third-order valence-electron chi connectivity index (χ3n) is 3.10. The second-order valence-electron chi connectivity index (χ2n) is 4.68. The van der Waals surface area contributed by atoms with Gasteiger partial charge in [-0.25, -0.2) is 0 Å². The summed E-state index contributed by atoms with van der Waals surface area (Å²) in [4.78, 5) is 24.4. The fourth-order valence-electron chi connectivity index (χ4n) is 1.85. The van der Waals surface area contributed by atoms with Crippen molar-refractivity contribution in [3.05, 3.63) is 48.0 Å². The number of aromatic carboxylic acids is 1. The van der Waals surface area contributed by atoms with E-state index in [1.165, 1.54) is 23.9 Å². The molecule has 0 spiro atoms. The predicted molar refractivity (Wildman–Crippen MR) is 86.8 cm³/mol. The Bertz CT molecular complexity index is 713. The number of hydrogen-bond donors (Lipinski definition) is 1. The van der Waals surface area contributed by atoms with Crippen LogP contribution in [0.15, 0.2) is 52.3 Å². The number of ether oxygens (including phenoxy) is 1. The molecule has 1 amide bonds. The average Bonchev–Trinajstić information content (AvgIpc) is 2.56.